The molecule has 38 heavy (non-hydrogen) atoms. The summed E-state index contributed by atoms with van der Waals surface area (Å²) < 4.78 is 35.7. The maximum absolute atomic E-state index is 14.6. The Kier molecular flexibility index (Phi) is 8.13. The number of nitrogens with zero attached hydrogens (tertiary/aromatic N) is 3. The van der Waals surface area contributed by atoms with Gasteiger partial charge < -0.3 is 9.64 Å². The van der Waals surface area contributed by atoms with Crippen molar-refractivity contribution in [1.29, 1.82) is 0 Å². The highest BCUT2D eigenvalue weighted by Gasteiger charge is 2.34. The number of likely N-dealkylation sites (tertiary alicyclic amines) is 1. The van der Waals surface area contributed by atoms with Crippen LogP contribution in [0.25, 0.3) is 10.9 Å². The fraction of sp³-hybridized carbons (Fsp3) is 0.400. The lowest BCUT2D eigenvalue weighted by molar-refractivity contribution is 0.0129. The van der Waals surface area contributed by atoms with Crippen molar-refractivity contribution in [1.82, 2.24) is 14.7 Å². The van der Waals surface area contributed by atoms with Gasteiger partial charge in [0.1, 0.15) is 17.2 Å². The molecule has 0 saturated carbocycles. The number of amides is 1. The predicted octanol–water partition coefficient (Wildman–Crippen LogP) is 7.04. The lowest BCUT2D eigenvalue weighted by Gasteiger charge is -2.37. The number of ether oxygens (including phenoxy) is 1. The van der Waals surface area contributed by atoms with Crippen molar-refractivity contribution in [3.8, 4) is 22.6 Å². The summed E-state index contributed by atoms with van der Waals surface area (Å²) in [6, 6.07) is 8.50. The summed E-state index contributed by atoms with van der Waals surface area (Å²) in [6.45, 7) is 8.79. The van der Waals surface area contributed by atoms with Crippen molar-refractivity contribution in [3.05, 3.63) is 65.4 Å². The molecule has 2 aromatic carbocycles. The number of rotatable bonds is 3. The molecule has 2 atom stereocenters. The van der Waals surface area contributed by atoms with Gasteiger partial charge in [0.05, 0.1) is 11.6 Å². The minimum Gasteiger partial charge on any atom is -0.444 e. The molecule has 2 unspecified atom stereocenters. The molecule has 0 aliphatic carbocycles. The van der Waals surface area contributed by atoms with Crippen molar-refractivity contribution in [2.75, 3.05) is 13.1 Å². The Hall–Kier alpha value is -3.36. The van der Waals surface area contributed by atoms with E-state index >= 15 is 0 Å². The first-order valence-corrected chi connectivity index (χ1v) is 13.3. The maximum Gasteiger partial charge on any atom is 0.410 e. The first-order chi connectivity index (χ1) is 18.0. The van der Waals surface area contributed by atoms with E-state index in [1.165, 1.54) is 6.07 Å². The second-order valence-electron chi connectivity index (χ2n) is 10.9. The monoisotopic (exact) mass is 581 g/mol. The van der Waals surface area contributed by atoms with Gasteiger partial charge in [0.25, 0.3) is 0 Å². The molecule has 0 spiro atoms. The Bertz CT molecular complexity index is 1470. The quantitative estimate of drug-likeness (QED) is 0.312. The zero-order valence-corrected chi connectivity index (χ0v) is 23.5. The third-order valence-electron chi connectivity index (χ3n) is 6.38. The molecule has 0 bridgehead atoms. The van der Waals surface area contributed by atoms with Gasteiger partial charge in [-0.2, -0.15) is 5.10 Å². The molecular formula is C30H30BrF2N3O2. The second kappa shape index (κ2) is 11.2. The van der Waals surface area contributed by atoms with Crippen molar-refractivity contribution in [3.63, 3.8) is 0 Å². The van der Waals surface area contributed by atoms with Gasteiger partial charge in [0, 0.05) is 63.6 Å². The second-order valence-corrected chi connectivity index (χ2v) is 11.3. The van der Waals surface area contributed by atoms with Gasteiger partial charge in [0.15, 0.2) is 0 Å². The van der Waals surface area contributed by atoms with Gasteiger partial charge in [-0.1, -0.05) is 17.8 Å². The number of benzene rings is 2. The topological polar surface area (TPSA) is 47.4 Å². The Morgan fingerprint density at radius 3 is 2.76 bits per heavy atom. The number of hydrogen-bond acceptors (Lipinski definition) is 3. The minimum atomic E-state index is -0.599. The molecule has 0 radical (unpaired) electrons. The molecule has 1 saturated heterocycles. The molecule has 8 heteroatoms. The molecule has 1 aliphatic rings. The van der Waals surface area contributed by atoms with E-state index in [1.54, 1.807) is 15.8 Å². The minimum absolute atomic E-state index is 0.188. The van der Waals surface area contributed by atoms with E-state index in [9.17, 15) is 13.6 Å². The number of halogens is 3. The van der Waals surface area contributed by atoms with E-state index in [4.69, 9.17) is 4.74 Å². The van der Waals surface area contributed by atoms with E-state index in [0.29, 0.717) is 18.6 Å². The van der Waals surface area contributed by atoms with E-state index in [0.717, 1.165) is 35.9 Å². The molecule has 1 fully saturated rings. The third kappa shape index (κ3) is 6.74. The summed E-state index contributed by atoms with van der Waals surface area (Å²) in [7, 11) is 0. The molecular weight excluding hydrogens is 552 g/mol. The van der Waals surface area contributed by atoms with Gasteiger partial charge in [-0.3, -0.25) is 4.68 Å². The molecule has 2 heterocycles. The SMILES string of the molecule is CC1(C#Cc2ccc3cn(C(CC#CBr)c4cc(F)ccc4F)nc3c2)CCCN(C(=O)OC(C)(C)C)C1. The zero-order chi connectivity index (χ0) is 27.5. The Balaban J connectivity index is 1.59. The normalized spacial score (nSPS) is 18.2. The number of hydrogen-bond donors (Lipinski definition) is 0. The van der Waals surface area contributed by atoms with Crippen LogP contribution in [0.2, 0.25) is 0 Å². The van der Waals surface area contributed by atoms with Crippen LogP contribution in [-0.2, 0) is 4.74 Å². The average Bonchev–Trinajstić information content (AvgIpc) is 3.27. The van der Waals surface area contributed by atoms with Crippen LogP contribution in [-0.4, -0.2) is 39.5 Å². The van der Waals surface area contributed by atoms with Gasteiger partial charge in [-0.25, -0.2) is 13.6 Å². The van der Waals surface area contributed by atoms with Gasteiger partial charge in [-0.15, -0.1) is 0 Å². The molecule has 5 nitrogen and oxygen atoms in total. The zero-order valence-electron chi connectivity index (χ0n) is 21.9. The maximum atomic E-state index is 14.6. The van der Waals surface area contributed by atoms with E-state index in [-0.39, 0.29) is 23.5 Å². The number of carbonyl (C=O) groups is 1. The average molecular weight is 582 g/mol. The fourth-order valence-electron chi connectivity index (χ4n) is 4.57. The fourth-order valence-corrected chi connectivity index (χ4v) is 4.73. The van der Waals surface area contributed by atoms with Crippen molar-refractivity contribution < 1.29 is 18.3 Å². The van der Waals surface area contributed by atoms with Crippen molar-refractivity contribution in [2.45, 2.75) is 58.6 Å². The number of carbonyl (C=O) groups excluding carboxylic acids is 1. The van der Waals surface area contributed by atoms with Crippen LogP contribution >= 0.6 is 15.9 Å². The van der Waals surface area contributed by atoms with E-state index in [2.05, 4.69) is 50.5 Å². The molecule has 0 N–H and O–H groups in total. The van der Waals surface area contributed by atoms with Crippen LogP contribution < -0.4 is 0 Å². The highest BCUT2D eigenvalue weighted by Crippen LogP contribution is 2.30. The predicted molar refractivity (Wildman–Crippen MR) is 148 cm³/mol. The summed E-state index contributed by atoms with van der Waals surface area (Å²) >= 11 is 3.08. The van der Waals surface area contributed by atoms with E-state index < -0.39 is 23.3 Å². The molecule has 1 amide bonds. The van der Waals surface area contributed by atoms with Gasteiger partial charge in [-0.05, 0) is 81.8 Å². The molecule has 3 aromatic rings. The molecule has 1 aliphatic heterocycles. The smallest absolute Gasteiger partial charge is 0.410 e. The largest absolute Gasteiger partial charge is 0.444 e. The molecule has 1 aromatic heterocycles. The van der Waals surface area contributed by atoms with Crippen molar-refractivity contribution in [2.24, 2.45) is 5.41 Å². The van der Waals surface area contributed by atoms with E-state index in [1.807, 2.05) is 39.0 Å². The van der Waals surface area contributed by atoms with Crippen LogP contribution in [0.4, 0.5) is 13.6 Å². The summed E-state index contributed by atoms with van der Waals surface area (Å²) in [5, 5.41) is 5.51. The lowest BCUT2D eigenvalue weighted by atomic mass is 9.82. The highest BCUT2D eigenvalue weighted by molar-refractivity contribution is 9.12. The first-order valence-electron chi connectivity index (χ1n) is 12.5. The Morgan fingerprint density at radius 1 is 1.24 bits per heavy atom. The molecule has 4 rings (SSSR count). The molecule has 198 valence electrons. The number of aromatic nitrogens is 2. The highest BCUT2D eigenvalue weighted by atomic mass is 79.9. The lowest BCUT2D eigenvalue weighted by Crippen LogP contribution is -2.46. The van der Waals surface area contributed by atoms with Crippen LogP contribution in [0.1, 0.15) is 64.1 Å². The van der Waals surface area contributed by atoms with Gasteiger partial charge >= 0.3 is 6.09 Å². The number of piperidine rings is 1. The summed E-state index contributed by atoms with van der Waals surface area (Å²) in [5.74, 6) is 8.49. The standard InChI is InChI=1S/C30H30BrF2N3O2/c1-29(2,3)38-28(37)35-16-6-13-30(4,20-35)14-12-21-8-9-22-19-36(34-26(22)17-21)27(7-5-15-31)24-18-23(32)10-11-25(24)33/h8-11,17-19,27H,6-7,13,16,20H2,1-4H3. The Morgan fingerprint density at radius 2 is 2.03 bits per heavy atom. The van der Waals surface area contributed by atoms with Crippen molar-refractivity contribution >= 4 is 32.9 Å². The van der Waals surface area contributed by atoms with Gasteiger partial charge in [0.2, 0.25) is 0 Å². The third-order valence-corrected chi connectivity index (χ3v) is 6.66. The van der Waals surface area contributed by atoms with Crippen LogP contribution in [0.15, 0.2) is 42.6 Å². The first kappa shape index (κ1) is 27.7. The van der Waals surface area contributed by atoms with Crippen LogP contribution in [0.3, 0.4) is 0 Å². The van der Waals surface area contributed by atoms with Crippen LogP contribution in [0, 0.1) is 39.6 Å². The summed E-state index contributed by atoms with van der Waals surface area (Å²) in [6.07, 6.45) is 3.47. The van der Waals surface area contributed by atoms with Crippen LogP contribution in [0.5, 0.6) is 0 Å². The summed E-state index contributed by atoms with van der Waals surface area (Å²) in [4.78, 5) is 17.0. The summed E-state index contributed by atoms with van der Waals surface area (Å²) in [5.41, 5.74) is 0.752. The Labute approximate surface area is 230 Å². The number of fused-ring (bicyclic) bond motifs is 1.